The van der Waals surface area contributed by atoms with E-state index >= 15 is 0 Å². The summed E-state index contributed by atoms with van der Waals surface area (Å²) in [5.74, 6) is 1.07. The largest absolute Gasteiger partial charge is 0.768 e. The monoisotopic (exact) mass is 267 g/mol. The molecule has 17 heavy (non-hydrogen) atoms. The highest BCUT2D eigenvalue weighted by atomic mass is 35.5. The molecule has 0 saturated carbocycles. The normalized spacial score (nSPS) is 12.1. The van der Waals surface area contributed by atoms with Gasteiger partial charge in [0.2, 0.25) is 0 Å². The van der Waals surface area contributed by atoms with Crippen molar-refractivity contribution in [2.45, 2.75) is 4.90 Å². The van der Waals surface area contributed by atoms with Crippen molar-refractivity contribution in [2.75, 3.05) is 0 Å². The molecule has 5 heteroatoms. The molecule has 0 radical (unpaired) electrons. The summed E-state index contributed by atoms with van der Waals surface area (Å²) < 4.78 is 27.0. The Kier molecular flexibility index (Phi) is 3.78. The van der Waals surface area contributed by atoms with Crippen LogP contribution >= 0.6 is 11.6 Å². The van der Waals surface area contributed by atoms with Gasteiger partial charge in [0.25, 0.3) is 0 Å². The predicted molar refractivity (Wildman–Crippen MR) is 65.2 cm³/mol. The Morgan fingerprint density at radius 1 is 1.06 bits per heavy atom. The molecule has 0 amide bonds. The fourth-order valence-electron chi connectivity index (χ4n) is 1.28. The summed E-state index contributed by atoms with van der Waals surface area (Å²) in [5, 5.41) is 0.617. The first kappa shape index (κ1) is 12.1. The molecule has 0 aliphatic heterocycles. The molecule has 2 aromatic carbocycles. The fourth-order valence-corrected chi connectivity index (χ4v) is 1.81. The first-order valence-electron chi connectivity index (χ1n) is 4.78. The Hall–Kier alpha value is -1.36. The lowest BCUT2D eigenvalue weighted by Crippen LogP contribution is -1.90. The van der Waals surface area contributed by atoms with Crippen LogP contribution < -0.4 is 4.74 Å². The zero-order chi connectivity index (χ0) is 12.3. The van der Waals surface area contributed by atoms with Crippen molar-refractivity contribution < 1.29 is 13.5 Å². The van der Waals surface area contributed by atoms with E-state index in [0.717, 1.165) is 0 Å². The maximum absolute atomic E-state index is 10.8. The fraction of sp³-hybridized carbons (Fsp3) is 0. The van der Waals surface area contributed by atoms with Crippen molar-refractivity contribution >= 4 is 22.7 Å². The number of halogens is 1. The van der Waals surface area contributed by atoms with Gasteiger partial charge in [0.05, 0.1) is 0 Å². The van der Waals surface area contributed by atoms with Crippen LogP contribution in [0.15, 0.2) is 53.4 Å². The Morgan fingerprint density at radius 2 is 1.76 bits per heavy atom. The van der Waals surface area contributed by atoms with Crippen LogP contribution in [0.1, 0.15) is 0 Å². The van der Waals surface area contributed by atoms with Crippen molar-refractivity contribution in [3.8, 4) is 11.5 Å². The van der Waals surface area contributed by atoms with Gasteiger partial charge in [0, 0.05) is 9.92 Å². The molecule has 0 heterocycles. The van der Waals surface area contributed by atoms with Crippen LogP contribution in [0.5, 0.6) is 11.5 Å². The average Bonchev–Trinajstić information content (AvgIpc) is 2.32. The summed E-state index contributed by atoms with van der Waals surface area (Å²) in [6.07, 6.45) is 0. The van der Waals surface area contributed by atoms with E-state index in [9.17, 15) is 8.76 Å². The maximum Gasteiger partial charge on any atom is 0.128 e. The van der Waals surface area contributed by atoms with Gasteiger partial charge in [-0.3, -0.25) is 4.21 Å². The smallest absolute Gasteiger partial charge is 0.128 e. The van der Waals surface area contributed by atoms with Gasteiger partial charge in [-0.25, -0.2) is 0 Å². The third-order valence-corrected chi connectivity index (χ3v) is 2.94. The molecule has 3 nitrogen and oxygen atoms in total. The Bertz CT molecular complexity index is 540. The lowest BCUT2D eigenvalue weighted by Gasteiger charge is -2.09. The van der Waals surface area contributed by atoms with Crippen molar-refractivity contribution in [3.63, 3.8) is 0 Å². The third-order valence-electron chi connectivity index (χ3n) is 2.05. The molecule has 1 unspecified atom stereocenters. The van der Waals surface area contributed by atoms with E-state index in [2.05, 4.69) is 0 Å². The molecular weight excluding hydrogens is 260 g/mol. The van der Waals surface area contributed by atoms with Crippen molar-refractivity contribution in [1.29, 1.82) is 0 Å². The van der Waals surface area contributed by atoms with Gasteiger partial charge in [0.1, 0.15) is 11.5 Å². The van der Waals surface area contributed by atoms with Gasteiger partial charge in [-0.2, -0.15) is 0 Å². The number of hydrogen-bond donors (Lipinski definition) is 0. The molecule has 0 aliphatic carbocycles. The standard InChI is InChI=1S/C12H9ClO3S/c13-9-4-6-10(7-5-9)16-11-2-1-3-12(8-11)17(14)15/h1-8H,(H,14,15)/p-1. The zero-order valence-corrected chi connectivity index (χ0v) is 10.2. The maximum atomic E-state index is 10.8. The predicted octanol–water partition coefficient (Wildman–Crippen LogP) is 3.37. The number of rotatable bonds is 3. The van der Waals surface area contributed by atoms with Crippen molar-refractivity contribution in [3.05, 3.63) is 53.6 Å². The molecular formula is C12H8ClO3S-. The number of hydrogen-bond acceptors (Lipinski definition) is 3. The minimum absolute atomic E-state index is 0.191. The van der Waals surface area contributed by atoms with Crippen LogP contribution in [0.2, 0.25) is 5.02 Å². The summed E-state index contributed by atoms with van der Waals surface area (Å²) in [6.45, 7) is 0. The van der Waals surface area contributed by atoms with Crippen molar-refractivity contribution in [1.82, 2.24) is 0 Å². The molecule has 0 spiro atoms. The number of ether oxygens (including phenoxy) is 1. The Morgan fingerprint density at radius 3 is 2.41 bits per heavy atom. The summed E-state index contributed by atoms with van der Waals surface area (Å²) in [4.78, 5) is 0.191. The second-order valence-corrected chi connectivity index (χ2v) is 4.64. The average molecular weight is 268 g/mol. The van der Waals surface area contributed by atoms with E-state index < -0.39 is 11.1 Å². The third kappa shape index (κ3) is 3.30. The van der Waals surface area contributed by atoms with Crippen LogP contribution in [0.25, 0.3) is 0 Å². The van der Waals surface area contributed by atoms with Crippen LogP contribution in [0.4, 0.5) is 0 Å². The van der Waals surface area contributed by atoms with Crippen LogP contribution in [-0.4, -0.2) is 8.76 Å². The highest BCUT2D eigenvalue weighted by molar-refractivity contribution is 7.79. The van der Waals surface area contributed by atoms with Crippen LogP contribution in [-0.2, 0) is 11.1 Å². The molecule has 1 atom stereocenters. The topological polar surface area (TPSA) is 49.4 Å². The molecule has 88 valence electrons. The van der Waals surface area contributed by atoms with E-state index in [1.165, 1.54) is 12.1 Å². The van der Waals surface area contributed by atoms with E-state index in [1.807, 2.05) is 0 Å². The second kappa shape index (κ2) is 5.31. The van der Waals surface area contributed by atoms with E-state index in [4.69, 9.17) is 16.3 Å². The SMILES string of the molecule is O=S([O-])c1cccc(Oc2ccc(Cl)cc2)c1. The first-order valence-corrected chi connectivity index (χ1v) is 6.23. The van der Waals surface area contributed by atoms with Crippen LogP contribution in [0, 0.1) is 0 Å². The van der Waals surface area contributed by atoms with Gasteiger partial charge in [-0.15, -0.1) is 0 Å². The summed E-state index contributed by atoms with van der Waals surface area (Å²) in [6, 6.07) is 13.1. The summed E-state index contributed by atoms with van der Waals surface area (Å²) >= 11 is 3.49. The molecule has 0 saturated heterocycles. The summed E-state index contributed by atoms with van der Waals surface area (Å²) in [7, 11) is 0. The highest BCUT2D eigenvalue weighted by Gasteiger charge is 1.99. The highest BCUT2D eigenvalue weighted by Crippen LogP contribution is 2.24. The number of benzene rings is 2. The Labute approximate surface area is 106 Å². The van der Waals surface area contributed by atoms with Gasteiger partial charge in [-0.05, 0) is 53.5 Å². The molecule has 0 N–H and O–H groups in total. The summed E-state index contributed by atoms with van der Waals surface area (Å²) in [5.41, 5.74) is 0. The lowest BCUT2D eigenvalue weighted by molar-refractivity contribution is 0.480. The van der Waals surface area contributed by atoms with Crippen LogP contribution in [0.3, 0.4) is 0 Å². The van der Waals surface area contributed by atoms with E-state index in [1.54, 1.807) is 36.4 Å². The Balaban J connectivity index is 2.21. The first-order chi connectivity index (χ1) is 8.15. The van der Waals surface area contributed by atoms with Crippen molar-refractivity contribution in [2.24, 2.45) is 0 Å². The second-order valence-electron chi connectivity index (χ2n) is 3.27. The quantitative estimate of drug-likeness (QED) is 0.801. The van der Waals surface area contributed by atoms with Gasteiger partial charge in [-0.1, -0.05) is 17.7 Å². The van der Waals surface area contributed by atoms with E-state index in [-0.39, 0.29) is 4.90 Å². The zero-order valence-electron chi connectivity index (χ0n) is 8.63. The van der Waals surface area contributed by atoms with Gasteiger partial charge < -0.3 is 9.29 Å². The van der Waals surface area contributed by atoms with Gasteiger partial charge >= 0.3 is 0 Å². The molecule has 2 aromatic rings. The van der Waals surface area contributed by atoms with E-state index in [0.29, 0.717) is 16.5 Å². The molecule has 0 aliphatic rings. The lowest BCUT2D eigenvalue weighted by atomic mass is 10.3. The molecule has 0 bridgehead atoms. The molecule has 0 fully saturated rings. The molecule has 2 rings (SSSR count). The minimum Gasteiger partial charge on any atom is -0.768 e. The molecule has 0 aromatic heterocycles. The van der Waals surface area contributed by atoms with Gasteiger partial charge in [0.15, 0.2) is 0 Å². The minimum atomic E-state index is -2.25.